The SMILES string of the molecule is O=C(O)/C(O)=C(/CCc1ccc(-c2ccccc2)cc1)c1ccccc1. The number of aryl methyl sites for hydroxylation is 1. The summed E-state index contributed by atoms with van der Waals surface area (Å²) in [6.45, 7) is 0. The highest BCUT2D eigenvalue weighted by Gasteiger charge is 2.14. The van der Waals surface area contributed by atoms with Gasteiger partial charge in [-0.3, -0.25) is 0 Å². The maximum absolute atomic E-state index is 11.2. The van der Waals surface area contributed by atoms with Crippen molar-refractivity contribution in [1.29, 1.82) is 0 Å². The molecule has 0 radical (unpaired) electrons. The number of carboxylic acids is 1. The molecular weight excluding hydrogens is 324 g/mol. The number of aliphatic carboxylic acids is 1. The van der Waals surface area contributed by atoms with Gasteiger partial charge in [-0.05, 0) is 35.1 Å². The summed E-state index contributed by atoms with van der Waals surface area (Å²) in [5.74, 6) is -1.89. The topological polar surface area (TPSA) is 57.5 Å². The molecule has 3 aromatic rings. The summed E-state index contributed by atoms with van der Waals surface area (Å²) in [4.78, 5) is 11.2. The first kappa shape index (κ1) is 17.5. The van der Waals surface area contributed by atoms with Crippen LogP contribution in [0.4, 0.5) is 0 Å². The second kappa shape index (κ2) is 8.17. The minimum absolute atomic E-state index is 0.449. The Morgan fingerprint density at radius 1 is 0.692 bits per heavy atom. The second-order valence-corrected chi connectivity index (χ2v) is 6.06. The Hall–Kier alpha value is -3.33. The highest BCUT2D eigenvalue weighted by atomic mass is 16.4. The summed E-state index contributed by atoms with van der Waals surface area (Å²) in [5, 5.41) is 19.2. The highest BCUT2D eigenvalue weighted by Crippen LogP contribution is 2.25. The monoisotopic (exact) mass is 344 g/mol. The van der Waals surface area contributed by atoms with Crippen molar-refractivity contribution in [3.05, 3.63) is 102 Å². The Kier molecular flexibility index (Phi) is 5.49. The van der Waals surface area contributed by atoms with Gasteiger partial charge < -0.3 is 10.2 Å². The maximum Gasteiger partial charge on any atom is 0.371 e. The fourth-order valence-corrected chi connectivity index (χ4v) is 2.93. The van der Waals surface area contributed by atoms with E-state index in [0.29, 0.717) is 18.4 Å². The molecule has 3 nitrogen and oxygen atoms in total. The van der Waals surface area contributed by atoms with Crippen LogP contribution < -0.4 is 0 Å². The minimum Gasteiger partial charge on any atom is -0.502 e. The van der Waals surface area contributed by atoms with E-state index in [9.17, 15) is 9.90 Å². The molecule has 3 heteroatoms. The Bertz CT molecular complexity index is 895. The molecule has 26 heavy (non-hydrogen) atoms. The standard InChI is InChI=1S/C23H20O3/c24-22(23(25)26)21(20-9-5-2-6-10-20)16-13-17-11-14-19(15-12-17)18-7-3-1-4-8-18/h1-12,14-15,24H,13,16H2,(H,25,26)/b22-21+. The summed E-state index contributed by atoms with van der Waals surface area (Å²) >= 11 is 0. The van der Waals surface area contributed by atoms with Crippen molar-refractivity contribution in [3.8, 4) is 11.1 Å². The number of aliphatic hydroxyl groups excluding tert-OH is 1. The van der Waals surface area contributed by atoms with Crippen molar-refractivity contribution in [2.75, 3.05) is 0 Å². The number of carbonyl (C=O) groups is 1. The van der Waals surface area contributed by atoms with Crippen LogP contribution in [0.2, 0.25) is 0 Å². The van der Waals surface area contributed by atoms with Crippen molar-refractivity contribution in [2.24, 2.45) is 0 Å². The molecular formula is C23H20O3. The lowest BCUT2D eigenvalue weighted by Gasteiger charge is -2.10. The lowest BCUT2D eigenvalue weighted by Crippen LogP contribution is -2.04. The van der Waals surface area contributed by atoms with Crippen LogP contribution in [-0.2, 0) is 11.2 Å². The number of hydrogen-bond donors (Lipinski definition) is 2. The van der Waals surface area contributed by atoms with E-state index in [1.165, 1.54) is 0 Å². The fraction of sp³-hybridized carbons (Fsp3) is 0.0870. The van der Waals surface area contributed by atoms with Gasteiger partial charge in [0.25, 0.3) is 0 Å². The summed E-state index contributed by atoms with van der Waals surface area (Å²) in [7, 11) is 0. The van der Waals surface area contributed by atoms with Crippen LogP contribution in [0.3, 0.4) is 0 Å². The molecule has 0 aromatic heterocycles. The molecule has 3 rings (SSSR count). The molecule has 0 fully saturated rings. The van der Waals surface area contributed by atoms with Crippen molar-refractivity contribution in [1.82, 2.24) is 0 Å². The van der Waals surface area contributed by atoms with Crippen molar-refractivity contribution >= 4 is 11.5 Å². The molecule has 0 saturated heterocycles. The first-order valence-electron chi connectivity index (χ1n) is 8.50. The van der Waals surface area contributed by atoms with Crippen LogP contribution >= 0.6 is 0 Å². The summed E-state index contributed by atoms with van der Waals surface area (Å²) < 4.78 is 0. The third-order valence-corrected chi connectivity index (χ3v) is 4.34. The zero-order valence-electron chi connectivity index (χ0n) is 14.3. The van der Waals surface area contributed by atoms with Gasteiger partial charge in [0, 0.05) is 5.57 Å². The molecule has 0 aliphatic carbocycles. The van der Waals surface area contributed by atoms with Crippen molar-refractivity contribution in [3.63, 3.8) is 0 Å². The van der Waals surface area contributed by atoms with Crippen LogP contribution in [0, 0.1) is 0 Å². The van der Waals surface area contributed by atoms with Gasteiger partial charge in [-0.2, -0.15) is 0 Å². The Morgan fingerprint density at radius 3 is 1.81 bits per heavy atom. The number of benzene rings is 3. The van der Waals surface area contributed by atoms with Gasteiger partial charge in [0.2, 0.25) is 5.76 Å². The highest BCUT2D eigenvalue weighted by molar-refractivity contribution is 5.93. The van der Waals surface area contributed by atoms with Gasteiger partial charge in [-0.15, -0.1) is 0 Å². The zero-order valence-corrected chi connectivity index (χ0v) is 14.3. The molecule has 0 heterocycles. The Labute approximate surface area is 152 Å². The van der Waals surface area contributed by atoms with E-state index in [1.54, 1.807) is 0 Å². The number of allylic oxidation sites excluding steroid dienone is 1. The van der Waals surface area contributed by atoms with Crippen molar-refractivity contribution < 1.29 is 15.0 Å². The van der Waals surface area contributed by atoms with E-state index in [2.05, 4.69) is 24.3 Å². The molecule has 0 bridgehead atoms. The van der Waals surface area contributed by atoms with Crippen LogP contribution in [0.25, 0.3) is 16.7 Å². The van der Waals surface area contributed by atoms with Gasteiger partial charge in [-0.1, -0.05) is 84.9 Å². The summed E-state index contributed by atoms with van der Waals surface area (Å²) in [6, 6.07) is 27.5. The van der Waals surface area contributed by atoms with Crippen LogP contribution in [-0.4, -0.2) is 16.2 Å². The molecule has 0 aliphatic rings. The molecule has 0 atom stereocenters. The molecule has 0 unspecified atom stereocenters. The zero-order chi connectivity index (χ0) is 18.4. The van der Waals surface area contributed by atoms with Crippen LogP contribution in [0.5, 0.6) is 0 Å². The fourth-order valence-electron chi connectivity index (χ4n) is 2.93. The quantitative estimate of drug-likeness (QED) is 0.469. The summed E-state index contributed by atoms with van der Waals surface area (Å²) in [6.07, 6.45) is 1.10. The Balaban J connectivity index is 1.78. The maximum atomic E-state index is 11.2. The molecule has 0 amide bonds. The van der Waals surface area contributed by atoms with E-state index in [-0.39, 0.29) is 0 Å². The normalized spacial score (nSPS) is 11.7. The van der Waals surface area contributed by atoms with E-state index >= 15 is 0 Å². The lowest BCUT2D eigenvalue weighted by atomic mass is 9.96. The van der Waals surface area contributed by atoms with Crippen LogP contribution in [0.15, 0.2) is 90.7 Å². The van der Waals surface area contributed by atoms with Gasteiger partial charge in [-0.25, -0.2) is 4.79 Å². The number of carboxylic acid groups (broad SMARTS) is 1. The average Bonchev–Trinajstić information content (AvgIpc) is 2.70. The smallest absolute Gasteiger partial charge is 0.371 e. The minimum atomic E-state index is -1.30. The first-order valence-corrected chi connectivity index (χ1v) is 8.50. The molecule has 0 spiro atoms. The van der Waals surface area contributed by atoms with Gasteiger partial charge >= 0.3 is 5.97 Å². The predicted molar refractivity (Wildman–Crippen MR) is 104 cm³/mol. The lowest BCUT2D eigenvalue weighted by molar-refractivity contribution is -0.135. The largest absolute Gasteiger partial charge is 0.502 e. The average molecular weight is 344 g/mol. The van der Waals surface area contributed by atoms with Crippen molar-refractivity contribution in [2.45, 2.75) is 12.8 Å². The number of rotatable bonds is 6. The van der Waals surface area contributed by atoms with E-state index < -0.39 is 11.7 Å². The third kappa shape index (κ3) is 4.19. The molecule has 130 valence electrons. The predicted octanol–water partition coefficient (Wildman–Crippen LogP) is 5.34. The van der Waals surface area contributed by atoms with E-state index in [0.717, 1.165) is 22.3 Å². The molecule has 2 N–H and O–H groups in total. The molecule has 0 saturated carbocycles. The number of hydrogen-bond acceptors (Lipinski definition) is 2. The second-order valence-electron chi connectivity index (χ2n) is 6.06. The molecule has 0 aliphatic heterocycles. The third-order valence-electron chi connectivity index (χ3n) is 4.34. The first-order chi connectivity index (χ1) is 12.6. The molecule has 3 aromatic carbocycles. The van der Waals surface area contributed by atoms with Gasteiger partial charge in [0.05, 0.1) is 0 Å². The van der Waals surface area contributed by atoms with Gasteiger partial charge in [0.15, 0.2) is 0 Å². The Morgan fingerprint density at radius 2 is 1.23 bits per heavy atom. The van der Waals surface area contributed by atoms with E-state index in [1.807, 2.05) is 60.7 Å². The summed E-state index contributed by atoms with van der Waals surface area (Å²) in [5.41, 5.74) is 4.57. The van der Waals surface area contributed by atoms with Crippen LogP contribution in [0.1, 0.15) is 17.5 Å². The van der Waals surface area contributed by atoms with Gasteiger partial charge in [0.1, 0.15) is 0 Å². The van der Waals surface area contributed by atoms with E-state index in [4.69, 9.17) is 5.11 Å². The number of aliphatic hydroxyl groups is 1.